The number of halogens is 8. The summed E-state index contributed by atoms with van der Waals surface area (Å²) in [4.78, 5) is 13.6. The number of hydrogen-bond donors (Lipinski definition) is 0. The first-order chi connectivity index (χ1) is 21.2. The van der Waals surface area contributed by atoms with E-state index in [-0.39, 0.29) is 27.3 Å². The zero-order chi connectivity index (χ0) is 32.5. The Bertz CT molecular complexity index is 1970. The molecule has 0 aliphatic heterocycles. The number of pyridine rings is 1. The highest BCUT2D eigenvalue weighted by atomic mass is 32.2. The second-order valence-corrected chi connectivity index (χ2v) is 11.7. The summed E-state index contributed by atoms with van der Waals surface area (Å²) >= 11 is 2.02. The highest BCUT2D eigenvalue weighted by Crippen LogP contribution is 2.41. The van der Waals surface area contributed by atoms with E-state index in [9.17, 15) is 45.2 Å². The van der Waals surface area contributed by atoms with Crippen LogP contribution in [0.15, 0.2) is 93.9 Å². The molecule has 0 unspecified atom stereocenters. The van der Waals surface area contributed by atoms with Gasteiger partial charge in [0.2, 0.25) is 0 Å². The van der Waals surface area contributed by atoms with Crippen LogP contribution >= 0.6 is 23.1 Å². The quantitative estimate of drug-likeness (QED) is 0.129. The van der Waals surface area contributed by atoms with Gasteiger partial charge in [-0.3, -0.25) is 4.79 Å². The van der Waals surface area contributed by atoms with Crippen LogP contribution in [-0.2, 0) is 24.7 Å². The number of thioether (sulfide) groups is 1. The molecule has 0 spiro atoms. The fraction of sp³-hybridized carbons (Fsp3) is 0.125. The number of benzene rings is 3. The van der Waals surface area contributed by atoms with E-state index in [4.69, 9.17) is 0 Å². The van der Waals surface area contributed by atoms with Crippen LogP contribution in [-0.4, -0.2) is 4.57 Å². The molecule has 0 amide bonds. The number of alkyl halides is 6. The molecule has 3 aromatic carbocycles. The predicted octanol–water partition coefficient (Wildman–Crippen LogP) is 9.77. The highest BCUT2D eigenvalue weighted by molar-refractivity contribution is 7.98. The van der Waals surface area contributed by atoms with Gasteiger partial charge < -0.3 is 4.57 Å². The Labute approximate surface area is 259 Å². The maximum Gasteiger partial charge on any atom is 0.417 e. The van der Waals surface area contributed by atoms with Crippen molar-refractivity contribution in [3.05, 3.63) is 134 Å². The van der Waals surface area contributed by atoms with E-state index in [1.54, 1.807) is 12.1 Å². The van der Waals surface area contributed by atoms with Gasteiger partial charge in [0.25, 0.3) is 5.56 Å². The van der Waals surface area contributed by atoms with Crippen molar-refractivity contribution in [2.45, 2.75) is 29.5 Å². The smallest absolute Gasteiger partial charge is 0.302 e. The van der Waals surface area contributed by atoms with E-state index in [2.05, 4.69) is 0 Å². The lowest BCUT2D eigenvalue weighted by Gasteiger charge is -2.17. The molecule has 0 saturated heterocycles. The fourth-order valence-corrected chi connectivity index (χ4v) is 6.42. The van der Waals surface area contributed by atoms with Crippen LogP contribution in [0.3, 0.4) is 0 Å². The molecule has 0 N–H and O–H groups in total. The van der Waals surface area contributed by atoms with Crippen molar-refractivity contribution in [2.75, 3.05) is 0 Å². The third-order valence-electron chi connectivity index (χ3n) is 6.73. The Morgan fingerprint density at radius 3 is 2.22 bits per heavy atom. The summed E-state index contributed by atoms with van der Waals surface area (Å²) in [6.07, 6.45) is -9.80. The van der Waals surface area contributed by atoms with Crippen LogP contribution in [0.2, 0.25) is 0 Å². The molecular formula is C32H18F8N2OS2. The molecule has 0 aliphatic carbocycles. The van der Waals surface area contributed by atoms with Gasteiger partial charge in [-0.15, -0.1) is 23.1 Å². The van der Waals surface area contributed by atoms with Crippen molar-refractivity contribution in [1.29, 1.82) is 5.26 Å². The Balaban J connectivity index is 1.63. The molecule has 0 saturated carbocycles. The van der Waals surface area contributed by atoms with Crippen molar-refractivity contribution in [3.8, 4) is 27.8 Å². The first-order valence-corrected chi connectivity index (χ1v) is 14.8. The average molecular weight is 663 g/mol. The Hall–Kier alpha value is -4.41. The molecule has 0 aliphatic rings. The van der Waals surface area contributed by atoms with Crippen LogP contribution in [0.1, 0.15) is 27.8 Å². The highest BCUT2D eigenvalue weighted by Gasteiger charge is 2.37. The molecule has 13 heteroatoms. The second-order valence-electron chi connectivity index (χ2n) is 9.77. The second kappa shape index (κ2) is 12.5. The first kappa shape index (κ1) is 32.0. The van der Waals surface area contributed by atoms with Gasteiger partial charge >= 0.3 is 12.4 Å². The fourth-order valence-electron chi connectivity index (χ4n) is 4.53. The van der Waals surface area contributed by atoms with Gasteiger partial charge in [0.1, 0.15) is 23.3 Å². The predicted molar refractivity (Wildman–Crippen MR) is 156 cm³/mol. The normalized spacial score (nSPS) is 11.9. The summed E-state index contributed by atoms with van der Waals surface area (Å²) in [6.45, 7) is -0.649. The zero-order valence-electron chi connectivity index (χ0n) is 22.6. The van der Waals surface area contributed by atoms with Gasteiger partial charge in [-0.05, 0) is 58.5 Å². The molecular weight excluding hydrogens is 644 g/mol. The molecule has 0 radical (unpaired) electrons. The number of rotatable bonds is 7. The molecule has 2 heterocycles. The molecule has 0 fully saturated rings. The Morgan fingerprint density at radius 2 is 1.58 bits per heavy atom. The maximum atomic E-state index is 14.5. The van der Waals surface area contributed by atoms with Crippen LogP contribution in [0, 0.1) is 23.0 Å². The summed E-state index contributed by atoms with van der Waals surface area (Å²) < 4.78 is 112. The van der Waals surface area contributed by atoms with Gasteiger partial charge in [-0.1, -0.05) is 36.4 Å². The van der Waals surface area contributed by atoms with Crippen molar-refractivity contribution < 1.29 is 35.1 Å². The van der Waals surface area contributed by atoms with Crippen LogP contribution in [0.25, 0.3) is 21.7 Å². The number of aromatic nitrogens is 1. The largest absolute Gasteiger partial charge is 0.417 e. The SMILES string of the molecule is N#Cc1c(C(F)(F)F)cc(-c2cc(-c3cc(SCc4ccccc4)cc(C(F)(F)F)c3)cs2)n(Cc2ccc(F)cc2F)c1=O. The molecule has 3 nitrogen and oxygen atoms in total. The molecule has 230 valence electrons. The monoisotopic (exact) mass is 662 g/mol. The lowest BCUT2D eigenvalue weighted by atomic mass is 10.0. The minimum atomic E-state index is -5.11. The average Bonchev–Trinajstić information content (AvgIpc) is 3.48. The van der Waals surface area contributed by atoms with E-state index in [0.717, 1.165) is 45.7 Å². The Morgan fingerprint density at radius 1 is 0.844 bits per heavy atom. The molecule has 5 rings (SSSR count). The minimum Gasteiger partial charge on any atom is -0.302 e. The third-order valence-corrected chi connectivity index (χ3v) is 8.73. The summed E-state index contributed by atoms with van der Waals surface area (Å²) in [7, 11) is 0. The lowest BCUT2D eigenvalue weighted by molar-refractivity contribution is -0.138. The van der Waals surface area contributed by atoms with Crippen molar-refractivity contribution in [2.24, 2.45) is 0 Å². The van der Waals surface area contributed by atoms with Gasteiger partial charge in [0.15, 0.2) is 0 Å². The van der Waals surface area contributed by atoms with Gasteiger partial charge in [0, 0.05) is 22.3 Å². The van der Waals surface area contributed by atoms with Crippen molar-refractivity contribution >= 4 is 23.1 Å². The number of nitrogens with zero attached hydrogens (tertiary/aromatic N) is 2. The molecule has 45 heavy (non-hydrogen) atoms. The number of hydrogen-bond acceptors (Lipinski definition) is 4. The number of thiophene rings is 1. The minimum absolute atomic E-state index is 0.0375. The summed E-state index contributed by atoms with van der Waals surface area (Å²) in [5.41, 5.74) is -4.37. The topological polar surface area (TPSA) is 45.8 Å². The van der Waals surface area contributed by atoms with Crippen LogP contribution < -0.4 is 5.56 Å². The Kier molecular flexibility index (Phi) is 8.91. The summed E-state index contributed by atoms with van der Waals surface area (Å²) in [5, 5.41) is 10.8. The molecule has 5 aromatic rings. The lowest BCUT2D eigenvalue weighted by Crippen LogP contribution is -2.28. The van der Waals surface area contributed by atoms with Crippen molar-refractivity contribution in [3.63, 3.8) is 0 Å². The van der Waals surface area contributed by atoms with Gasteiger partial charge in [-0.25, -0.2) is 8.78 Å². The molecule has 0 bridgehead atoms. The number of nitriles is 1. The van der Waals surface area contributed by atoms with Gasteiger partial charge in [-0.2, -0.15) is 31.6 Å². The van der Waals surface area contributed by atoms with E-state index in [1.165, 1.54) is 35.3 Å². The van der Waals surface area contributed by atoms with E-state index in [1.807, 2.05) is 18.2 Å². The third kappa shape index (κ3) is 7.13. The van der Waals surface area contributed by atoms with Gasteiger partial charge in [0.05, 0.1) is 28.2 Å². The van der Waals surface area contributed by atoms with E-state index >= 15 is 0 Å². The standard InChI is InChI=1S/C32H18F8N2OS2/c33-23-7-6-19(27(34)12-23)15-42-28(13-26(32(38,39)40)25(14-41)30(42)43)29-10-21(17-45-29)20-8-22(31(35,36)37)11-24(9-20)44-16-18-4-2-1-3-5-18/h1-13,17H,15-16H2. The van der Waals surface area contributed by atoms with E-state index < -0.39 is 52.8 Å². The maximum absolute atomic E-state index is 14.5. The molecule has 2 aromatic heterocycles. The van der Waals surface area contributed by atoms with E-state index in [0.29, 0.717) is 22.8 Å². The summed E-state index contributed by atoms with van der Waals surface area (Å²) in [6, 6.07) is 18.2. The van der Waals surface area contributed by atoms with Crippen molar-refractivity contribution in [1.82, 2.24) is 4.57 Å². The molecule has 0 atom stereocenters. The van der Waals surface area contributed by atoms with Crippen LogP contribution in [0.5, 0.6) is 0 Å². The summed E-state index contributed by atoms with van der Waals surface area (Å²) in [5.74, 6) is -1.60. The zero-order valence-corrected chi connectivity index (χ0v) is 24.3. The first-order valence-electron chi connectivity index (χ1n) is 12.9. The van der Waals surface area contributed by atoms with Crippen LogP contribution in [0.4, 0.5) is 35.1 Å².